The van der Waals surface area contributed by atoms with Gasteiger partial charge in [0, 0.05) is 17.8 Å². The molecule has 2 rings (SSSR count). The average Bonchev–Trinajstić information content (AvgIpc) is 2.47. The lowest BCUT2D eigenvalue weighted by Gasteiger charge is -2.16. The number of amides is 1. The van der Waals surface area contributed by atoms with E-state index in [1.54, 1.807) is 19.2 Å². The molecule has 0 saturated heterocycles. The third-order valence-corrected chi connectivity index (χ3v) is 3.29. The summed E-state index contributed by atoms with van der Waals surface area (Å²) in [5, 5.41) is 3.25. The maximum absolute atomic E-state index is 12.1. The van der Waals surface area contributed by atoms with E-state index in [9.17, 15) is 4.79 Å². The Balaban J connectivity index is 2.01. The Hall–Kier alpha value is -2.07. The molecule has 0 aliphatic rings. The molecule has 0 bridgehead atoms. The van der Waals surface area contributed by atoms with Crippen LogP contribution in [-0.4, -0.2) is 24.0 Å². The van der Waals surface area contributed by atoms with Crippen LogP contribution >= 0.6 is 11.6 Å². The number of benzene rings is 1. The number of pyridine rings is 1. The van der Waals surface area contributed by atoms with E-state index in [4.69, 9.17) is 16.3 Å². The van der Waals surface area contributed by atoms with Crippen molar-refractivity contribution in [3.63, 3.8) is 0 Å². The van der Waals surface area contributed by atoms with Crippen LogP contribution in [0.1, 0.15) is 22.8 Å². The summed E-state index contributed by atoms with van der Waals surface area (Å²) in [5.41, 5.74) is 1.56. The van der Waals surface area contributed by atoms with E-state index in [-0.39, 0.29) is 11.9 Å². The number of aromatic nitrogens is 1. The Kier molecular flexibility index (Phi) is 5.17. The molecule has 0 fully saturated rings. The van der Waals surface area contributed by atoms with Gasteiger partial charge in [0.1, 0.15) is 10.9 Å². The molecule has 21 heavy (non-hydrogen) atoms. The summed E-state index contributed by atoms with van der Waals surface area (Å²) >= 11 is 5.79. The summed E-state index contributed by atoms with van der Waals surface area (Å²) in [5.74, 6) is 0.659. The number of methoxy groups -OCH3 is 1. The van der Waals surface area contributed by atoms with E-state index in [1.165, 1.54) is 6.20 Å². The second kappa shape index (κ2) is 7.09. The van der Waals surface area contributed by atoms with Gasteiger partial charge in [-0.1, -0.05) is 29.8 Å². The molecule has 1 N–H and O–H groups in total. The predicted octanol–water partition coefficient (Wildman–Crippen LogP) is 3.10. The van der Waals surface area contributed by atoms with Gasteiger partial charge in [-0.15, -0.1) is 0 Å². The van der Waals surface area contributed by atoms with Crippen molar-refractivity contribution in [2.24, 2.45) is 0 Å². The predicted molar refractivity (Wildman–Crippen MR) is 82.9 cm³/mol. The molecule has 0 spiro atoms. The van der Waals surface area contributed by atoms with Crippen molar-refractivity contribution in [2.45, 2.75) is 19.4 Å². The molecule has 2 aromatic rings. The molecule has 1 atom stereocenters. The molecule has 1 aromatic heterocycles. The van der Waals surface area contributed by atoms with E-state index in [0.717, 1.165) is 11.3 Å². The van der Waals surface area contributed by atoms with Crippen molar-refractivity contribution in [3.05, 3.63) is 58.9 Å². The highest BCUT2D eigenvalue weighted by atomic mass is 35.5. The standard InChI is InChI=1S/C16H17ClN2O2/c1-11(9-12-5-3-4-6-14(12)21-2)19-16(20)13-7-8-18-15(17)10-13/h3-8,10-11H,9H2,1-2H3,(H,19,20). The molecule has 1 unspecified atom stereocenters. The number of hydrogen-bond acceptors (Lipinski definition) is 3. The largest absolute Gasteiger partial charge is 0.496 e. The molecule has 1 amide bonds. The zero-order chi connectivity index (χ0) is 15.2. The molecule has 0 aliphatic carbocycles. The van der Waals surface area contributed by atoms with Crippen LogP contribution in [0.4, 0.5) is 0 Å². The van der Waals surface area contributed by atoms with Crippen LogP contribution in [0.2, 0.25) is 5.15 Å². The minimum atomic E-state index is -0.165. The number of carbonyl (C=O) groups excluding carboxylic acids is 1. The maximum atomic E-state index is 12.1. The van der Waals surface area contributed by atoms with Gasteiger partial charge in [0.15, 0.2) is 0 Å². The summed E-state index contributed by atoms with van der Waals surface area (Å²) in [7, 11) is 1.64. The first-order valence-corrected chi connectivity index (χ1v) is 7.02. The van der Waals surface area contributed by atoms with Crippen LogP contribution in [-0.2, 0) is 6.42 Å². The van der Waals surface area contributed by atoms with Crippen molar-refractivity contribution in [2.75, 3.05) is 7.11 Å². The van der Waals surface area contributed by atoms with Crippen LogP contribution in [0.25, 0.3) is 0 Å². The monoisotopic (exact) mass is 304 g/mol. The van der Waals surface area contributed by atoms with E-state index in [0.29, 0.717) is 17.1 Å². The summed E-state index contributed by atoms with van der Waals surface area (Å²) in [6.07, 6.45) is 2.21. The van der Waals surface area contributed by atoms with Gasteiger partial charge in [-0.25, -0.2) is 4.98 Å². The lowest BCUT2D eigenvalue weighted by atomic mass is 10.1. The number of nitrogens with zero attached hydrogens (tertiary/aromatic N) is 1. The quantitative estimate of drug-likeness (QED) is 0.864. The van der Waals surface area contributed by atoms with Gasteiger partial charge in [0.05, 0.1) is 7.11 Å². The van der Waals surface area contributed by atoms with Crippen molar-refractivity contribution in [1.82, 2.24) is 10.3 Å². The number of ether oxygens (including phenoxy) is 1. The second-order valence-electron chi connectivity index (χ2n) is 4.76. The lowest BCUT2D eigenvalue weighted by Crippen LogP contribution is -2.34. The van der Waals surface area contributed by atoms with Crippen molar-refractivity contribution < 1.29 is 9.53 Å². The minimum absolute atomic E-state index is 0.0271. The van der Waals surface area contributed by atoms with Crippen molar-refractivity contribution >= 4 is 17.5 Å². The van der Waals surface area contributed by atoms with Gasteiger partial charge in [-0.05, 0) is 37.1 Å². The Morgan fingerprint density at radius 3 is 2.86 bits per heavy atom. The SMILES string of the molecule is COc1ccccc1CC(C)NC(=O)c1ccnc(Cl)c1. The number of para-hydroxylation sites is 1. The van der Waals surface area contributed by atoms with Gasteiger partial charge in [0.25, 0.3) is 5.91 Å². The van der Waals surface area contributed by atoms with Crippen LogP contribution in [0.5, 0.6) is 5.75 Å². The topological polar surface area (TPSA) is 51.2 Å². The molecule has 1 heterocycles. The molecular weight excluding hydrogens is 288 g/mol. The molecule has 1 aromatic carbocycles. The highest BCUT2D eigenvalue weighted by Gasteiger charge is 2.12. The molecular formula is C16H17ClN2O2. The Labute approximate surface area is 129 Å². The third kappa shape index (κ3) is 4.20. The lowest BCUT2D eigenvalue weighted by molar-refractivity contribution is 0.0940. The average molecular weight is 305 g/mol. The fraction of sp³-hybridized carbons (Fsp3) is 0.250. The third-order valence-electron chi connectivity index (χ3n) is 3.08. The Morgan fingerprint density at radius 1 is 1.38 bits per heavy atom. The summed E-state index contributed by atoms with van der Waals surface area (Å²) in [4.78, 5) is 16.0. The normalized spacial score (nSPS) is 11.8. The Bertz CT molecular complexity index is 631. The van der Waals surface area contributed by atoms with Gasteiger partial charge < -0.3 is 10.1 Å². The van der Waals surface area contributed by atoms with Crippen molar-refractivity contribution in [3.8, 4) is 5.75 Å². The number of rotatable bonds is 5. The number of carbonyl (C=O) groups is 1. The molecule has 5 heteroatoms. The number of halogens is 1. The number of nitrogens with one attached hydrogen (secondary N) is 1. The Morgan fingerprint density at radius 2 is 2.14 bits per heavy atom. The fourth-order valence-corrected chi connectivity index (χ4v) is 2.28. The van der Waals surface area contributed by atoms with Gasteiger partial charge in [0.2, 0.25) is 0 Å². The first-order chi connectivity index (χ1) is 10.1. The summed E-state index contributed by atoms with van der Waals surface area (Å²) in [6, 6.07) is 10.9. The molecule has 4 nitrogen and oxygen atoms in total. The van der Waals surface area contributed by atoms with Crippen LogP contribution in [0.15, 0.2) is 42.6 Å². The van der Waals surface area contributed by atoms with Crippen LogP contribution < -0.4 is 10.1 Å². The maximum Gasteiger partial charge on any atom is 0.251 e. The fourth-order valence-electron chi connectivity index (χ4n) is 2.10. The molecule has 110 valence electrons. The summed E-state index contributed by atoms with van der Waals surface area (Å²) < 4.78 is 5.31. The molecule has 0 saturated carbocycles. The zero-order valence-corrected chi connectivity index (χ0v) is 12.7. The minimum Gasteiger partial charge on any atom is -0.496 e. The number of hydrogen-bond donors (Lipinski definition) is 1. The molecule has 0 aliphatic heterocycles. The van der Waals surface area contributed by atoms with Gasteiger partial charge in [-0.2, -0.15) is 0 Å². The van der Waals surface area contributed by atoms with Crippen LogP contribution in [0, 0.1) is 0 Å². The second-order valence-corrected chi connectivity index (χ2v) is 5.14. The summed E-state index contributed by atoms with van der Waals surface area (Å²) in [6.45, 7) is 1.95. The van der Waals surface area contributed by atoms with Gasteiger partial charge >= 0.3 is 0 Å². The van der Waals surface area contributed by atoms with Crippen molar-refractivity contribution in [1.29, 1.82) is 0 Å². The van der Waals surface area contributed by atoms with E-state index < -0.39 is 0 Å². The first-order valence-electron chi connectivity index (χ1n) is 6.64. The molecule has 0 radical (unpaired) electrons. The highest BCUT2D eigenvalue weighted by Crippen LogP contribution is 2.19. The van der Waals surface area contributed by atoms with Crippen LogP contribution in [0.3, 0.4) is 0 Å². The highest BCUT2D eigenvalue weighted by molar-refractivity contribution is 6.29. The van der Waals surface area contributed by atoms with E-state index >= 15 is 0 Å². The van der Waals surface area contributed by atoms with Gasteiger partial charge in [-0.3, -0.25) is 4.79 Å². The van der Waals surface area contributed by atoms with E-state index in [2.05, 4.69) is 10.3 Å². The zero-order valence-electron chi connectivity index (χ0n) is 12.0. The van der Waals surface area contributed by atoms with E-state index in [1.807, 2.05) is 31.2 Å². The smallest absolute Gasteiger partial charge is 0.251 e. The first kappa shape index (κ1) is 15.3.